The topological polar surface area (TPSA) is 370 Å². The first-order chi connectivity index (χ1) is 41.2. The summed E-state index contributed by atoms with van der Waals surface area (Å²) in [6.45, 7) is 36.8. The van der Waals surface area contributed by atoms with E-state index in [-0.39, 0.29) is 40.2 Å². The number of hydrogen-bond donors (Lipinski definition) is 7. The highest BCUT2D eigenvalue weighted by atomic mass is 35.5. The van der Waals surface area contributed by atoms with Gasteiger partial charge in [-0.2, -0.15) is 0 Å². The smallest absolute Gasteiger partial charge is 0.377 e. The number of halogens is 1. The fraction of sp³-hybridized carbons (Fsp3) is 0.619. The van der Waals surface area contributed by atoms with Crippen molar-refractivity contribution in [1.82, 2.24) is 0 Å². The number of ketones is 3. The average Bonchev–Trinajstić information content (AvgIpc) is 2.14. The van der Waals surface area contributed by atoms with E-state index in [1.54, 1.807) is 54.5 Å². The van der Waals surface area contributed by atoms with Crippen LogP contribution >= 0.6 is 11.6 Å². The van der Waals surface area contributed by atoms with Gasteiger partial charge in [-0.15, -0.1) is 0 Å². The quantitative estimate of drug-likeness (QED) is 0.0287. The Bertz CT molecular complexity index is 2820. The maximum atomic E-state index is 12.8. The molecule has 0 radical (unpaired) electrons. The maximum Gasteiger partial charge on any atom is 0.377 e. The van der Waals surface area contributed by atoms with E-state index in [0.717, 1.165) is 22.3 Å². The predicted molar refractivity (Wildman–Crippen MR) is 320 cm³/mol. The van der Waals surface area contributed by atoms with Crippen molar-refractivity contribution in [1.29, 1.82) is 0 Å². The molecule has 1 fully saturated rings. The third kappa shape index (κ3) is 21.4. The van der Waals surface area contributed by atoms with Gasteiger partial charge in [0.2, 0.25) is 17.8 Å². The minimum absolute atomic E-state index is 0.116. The molecule has 500 valence electrons. The van der Waals surface area contributed by atoms with Gasteiger partial charge in [0, 0.05) is 39.3 Å². The van der Waals surface area contributed by atoms with Crippen LogP contribution in [-0.4, -0.2) is 183 Å². The van der Waals surface area contributed by atoms with Crippen LogP contribution in [0.1, 0.15) is 137 Å². The second kappa shape index (κ2) is 34.7. The van der Waals surface area contributed by atoms with Gasteiger partial charge in [-0.1, -0.05) is 77.5 Å². The van der Waals surface area contributed by atoms with E-state index in [1.165, 1.54) is 5.57 Å². The summed E-state index contributed by atoms with van der Waals surface area (Å²) in [5, 5.41) is 63.2. The molecule has 1 saturated heterocycles. The number of rotatable bonds is 19. The van der Waals surface area contributed by atoms with Crippen LogP contribution in [-0.2, 0) is 85.7 Å². The minimum atomic E-state index is -1.44. The maximum absolute atomic E-state index is 12.8. The molecular weight excluding hydrogens is 1190 g/mol. The van der Waals surface area contributed by atoms with Gasteiger partial charge in [0.1, 0.15) is 18.3 Å². The zero-order chi connectivity index (χ0) is 68.4. The summed E-state index contributed by atoms with van der Waals surface area (Å²) in [6, 6.07) is 0. The molecule has 3 aliphatic carbocycles. The van der Waals surface area contributed by atoms with Crippen LogP contribution in [0.5, 0.6) is 0 Å². The molecular formula is C63H91ClO25. The Labute approximate surface area is 524 Å². The highest BCUT2D eigenvalue weighted by Gasteiger charge is 2.48. The summed E-state index contributed by atoms with van der Waals surface area (Å²) < 4.78 is 50.6. The van der Waals surface area contributed by atoms with Crippen molar-refractivity contribution in [2.75, 3.05) is 39.6 Å². The standard InChI is InChI=1S/C21H26O9.C17H26O5.C13H20O2.C6H11ClO3.C6H8O6/c1-9(2)6-11-10(3)14(22)12(7-21(11,4)5)28-19(26)20-27-8-13(29-20)17-15(23)16(24)18(25)30-17;1-7-12-11(4)14(18)13(10-17(12,5)6)22-15(19)16(20-8-2)21-9-3;1-8(2)6-10-9(3)12(15)11(14)7-13(10,4)5;1-3-9-6(5(7)8)10-4-2;7-1-2(8)5-3(9)4(10)6(11)12-5/h6,12-13,17,20,23-24H,7-8H2,1-5H3;7,13,16H,1,8-10H2,2-6H3;6,11,14H,7H2,1-5H3;6H,3-4H2,1-2H3;2,5,7-10H,1H2/t12?,13-,17+,20?;;;;2-,5+/m0...0/s1. The Kier molecular flexibility index (Phi) is 30.7. The second-order valence-corrected chi connectivity index (χ2v) is 23.9. The van der Waals surface area contributed by atoms with Crippen LogP contribution in [0.3, 0.4) is 0 Å². The first kappa shape index (κ1) is 78.7. The van der Waals surface area contributed by atoms with Gasteiger partial charge in [0.25, 0.3) is 17.8 Å². The van der Waals surface area contributed by atoms with Crippen molar-refractivity contribution in [2.24, 2.45) is 16.2 Å². The van der Waals surface area contributed by atoms with Crippen molar-refractivity contribution in [3.8, 4) is 0 Å². The molecule has 8 atom stereocenters. The summed E-state index contributed by atoms with van der Waals surface area (Å²) in [6.07, 6.45) is -4.12. The summed E-state index contributed by atoms with van der Waals surface area (Å²) in [4.78, 5) is 93.8. The lowest BCUT2D eigenvalue weighted by Crippen LogP contribution is -2.41. The number of Topliss-reactive ketones (excluding diaryl/α,β-unsaturated/α-hetero) is 3. The molecule has 0 aromatic carbocycles. The highest BCUT2D eigenvalue weighted by Crippen LogP contribution is 2.43. The molecule has 0 aromatic heterocycles. The van der Waals surface area contributed by atoms with Gasteiger partial charge in [-0.25, -0.2) is 19.2 Å². The Hall–Kier alpha value is -6.39. The number of aliphatic hydroxyl groups is 7. The number of carbonyl (C=O) groups is 8. The second-order valence-electron chi connectivity index (χ2n) is 23.5. The SMILES string of the molecule is C=CC1=C(C)C(=O)C(OC(=O)C(OCC)OCC)CC1(C)C.CC(C)=CC1=C(C)C(=O)C(O)CC1(C)C.CC(C)=CC1=C(C)C(=O)C(OC(=O)C2OC[C@@H]([C@H]3OC(=O)C(O)=C3O)O2)CC1(C)C.CCOC(OCC)C(=O)Cl.O=C1O[C@H]([C@@H](O)CO)C(O)=C1O. The molecule has 3 aliphatic heterocycles. The van der Waals surface area contributed by atoms with Crippen molar-refractivity contribution < 1.29 is 121 Å². The third-order valence-corrected chi connectivity index (χ3v) is 14.6. The van der Waals surface area contributed by atoms with Crippen molar-refractivity contribution >= 4 is 58.1 Å². The molecule has 26 heteroatoms. The lowest BCUT2D eigenvalue weighted by atomic mass is 9.70. The van der Waals surface area contributed by atoms with E-state index in [9.17, 15) is 53.7 Å². The molecule has 6 rings (SSSR count). The molecule has 3 heterocycles. The molecule has 0 spiro atoms. The van der Waals surface area contributed by atoms with Gasteiger partial charge < -0.3 is 83.1 Å². The number of allylic oxidation sites excluding steroid dienone is 8. The summed E-state index contributed by atoms with van der Waals surface area (Å²) in [7, 11) is 0. The average molecular weight is 1280 g/mol. The molecule has 0 aromatic rings. The van der Waals surface area contributed by atoms with E-state index in [0.29, 0.717) is 62.4 Å². The van der Waals surface area contributed by atoms with Gasteiger partial charge in [0.15, 0.2) is 53.3 Å². The lowest BCUT2D eigenvalue weighted by Gasteiger charge is -2.36. The van der Waals surface area contributed by atoms with E-state index >= 15 is 0 Å². The van der Waals surface area contributed by atoms with Gasteiger partial charge in [0.05, 0.1) is 13.2 Å². The fourth-order valence-electron chi connectivity index (χ4n) is 10.1. The van der Waals surface area contributed by atoms with E-state index in [2.05, 4.69) is 31.2 Å². The number of aliphatic hydroxyl groups excluding tert-OH is 7. The van der Waals surface area contributed by atoms with Crippen LogP contribution in [0.15, 0.2) is 92.4 Å². The zero-order valence-corrected chi connectivity index (χ0v) is 54.7. The molecule has 89 heavy (non-hydrogen) atoms. The fourth-order valence-corrected chi connectivity index (χ4v) is 10.2. The predicted octanol–water partition coefficient (Wildman–Crippen LogP) is 7.35. The molecule has 6 aliphatic rings. The summed E-state index contributed by atoms with van der Waals surface area (Å²) in [5.41, 5.74) is 6.19. The van der Waals surface area contributed by atoms with Crippen LogP contribution in [0.4, 0.5) is 0 Å². The van der Waals surface area contributed by atoms with Crippen LogP contribution in [0.25, 0.3) is 0 Å². The number of esters is 4. The normalized spacial score (nSPS) is 24.7. The van der Waals surface area contributed by atoms with Crippen LogP contribution in [0.2, 0.25) is 0 Å². The molecule has 25 nitrogen and oxygen atoms in total. The molecule has 0 bridgehead atoms. The number of carbonyl (C=O) groups excluding carboxylic acids is 8. The van der Waals surface area contributed by atoms with Crippen molar-refractivity contribution in [3.63, 3.8) is 0 Å². The van der Waals surface area contributed by atoms with E-state index < -0.39 is 120 Å². The minimum Gasteiger partial charge on any atom is -0.505 e. The Morgan fingerprint density at radius 2 is 1.06 bits per heavy atom. The Morgan fingerprint density at radius 1 is 0.640 bits per heavy atom. The first-order valence-electron chi connectivity index (χ1n) is 28.9. The monoisotopic (exact) mass is 1280 g/mol. The van der Waals surface area contributed by atoms with E-state index in [1.807, 2.05) is 61.5 Å². The van der Waals surface area contributed by atoms with Crippen LogP contribution < -0.4 is 0 Å². The largest absolute Gasteiger partial charge is 0.505 e. The number of cyclic esters (lactones) is 2. The molecule has 7 N–H and O–H groups in total. The lowest BCUT2D eigenvalue weighted by molar-refractivity contribution is -0.199. The van der Waals surface area contributed by atoms with Gasteiger partial charge in [-0.05, 0) is 144 Å². The summed E-state index contributed by atoms with van der Waals surface area (Å²) in [5.74, 6) is -7.58. The first-order valence-corrected chi connectivity index (χ1v) is 29.3. The van der Waals surface area contributed by atoms with E-state index in [4.69, 9.17) is 74.7 Å². The molecule has 0 saturated carbocycles. The van der Waals surface area contributed by atoms with Crippen molar-refractivity contribution in [3.05, 3.63) is 92.4 Å². The Balaban J connectivity index is 0.000000403. The number of ether oxygens (including phenoxy) is 10. The number of hydrogen-bond acceptors (Lipinski definition) is 25. The molecule has 4 unspecified atom stereocenters. The molecule has 0 amide bonds. The summed E-state index contributed by atoms with van der Waals surface area (Å²) >= 11 is 5.11. The van der Waals surface area contributed by atoms with Gasteiger partial charge >= 0.3 is 23.9 Å². The zero-order valence-electron chi connectivity index (χ0n) is 53.9. The van der Waals surface area contributed by atoms with Crippen LogP contribution in [0, 0.1) is 16.2 Å². The Morgan fingerprint density at radius 3 is 1.46 bits per heavy atom. The third-order valence-electron chi connectivity index (χ3n) is 14.4. The highest BCUT2D eigenvalue weighted by molar-refractivity contribution is 6.64. The van der Waals surface area contributed by atoms with Gasteiger partial charge in [-0.3, -0.25) is 19.2 Å². The van der Waals surface area contributed by atoms with Crippen molar-refractivity contribution in [2.45, 2.75) is 199 Å².